The topological polar surface area (TPSA) is 6.48 Å². The predicted molar refractivity (Wildman–Crippen MR) is 78.9 cm³/mol. The van der Waals surface area contributed by atoms with Crippen LogP contribution in [0.3, 0.4) is 0 Å². The normalized spacial score (nSPS) is 31.8. The molecule has 18 heavy (non-hydrogen) atoms. The molecule has 2 heteroatoms. The monoisotopic (exact) mass is 252 g/mol. The van der Waals surface area contributed by atoms with Crippen molar-refractivity contribution >= 4 is 0 Å². The second-order valence-electron chi connectivity index (χ2n) is 6.65. The molecule has 0 radical (unpaired) electrons. The van der Waals surface area contributed by atoms with E-state index >= 15 is 0 Å². The van der Waals surface area contributed by atoms with Gasteiger partial charge in [-0.05, 0) is 38.1 Å². The fourth-order valence-corrected chi connectivity index (χ4v) is 4.02. The van der Waals surface area contributed by atoms with Gasteiger partial charge in [0.1, 0.15) is 0 Å². The van der Waals surface area contributed by atoms with Gasteiger partial charge in [-0.25, -0.2) is 0 Å². The van der Waals surface area contributed by atoms with Crippen LogP contribution in [-0.4, -0.2) is 47.6 Å². The van der Waals surface area contributed by atoms with Crippen molar-refractivity contribution in [2.45, 2.75) is 77.9 Å². The average molecular weight is 252 g/mol. The zero-order chi connectivity index (χ0) is 13.1. The van der Waals surface area contributed by atoms with Crippen LogP contribution in [0, 0.1) is 5.92 Å². The Labute approximate surface area is 114 Å². The molecule has 0 amide bonds. The molecule has 0 aliphatic carbocycles. The summed E-state index contributed by atoms with van der Waals surface area (Å²) in [4.78, 5) is 5.64. The summed E-state index contributed by atoms with van der Waals surface area (Å²) < 4.78 is 0. The van der Waals surface area contributed by atoms with E-state index < -0.39 is 0 Å². The number of hydrogen-bond donors (Lipinski definition) is 0. The second-order valence-corrected chi connectivity index (χ2v) is 6.65. The molecule has 0 aromatic rings. The van der Waals surface area contributed by atoms with Crippen LogP contribution in [-0.2, 0) is 0 Å². The molecule has 2 rings (SSSR count). The highest BCUT2D eigenvalue weighted by Gasteiger charge is 2.39. The van der Waals surface area contributed by atoms with E-state index in [4.69, 9.17) is 0 Å². The zero-order valence-electron chi connectivity index (χ0n) is 12.9. The summed E-state index contributed by atoms with van der Waals surface area (Å²) in [6, 6.07) is 2.48. The van der Waals surface area contributed by atoms with E-state index in [2.05, 4.69) is 37.5 Å². The van der Waals surface area contributed by atoms with Crippen molar-refractivity contribution < 1.29 is 0 Å². The Hall–Kier alpha value is -0.0800. The maximum Gasteiger partial charge on any atom is 0.0249 e. The Morgan fingerprint density at radius 3 is 2.56 bits per heavy atom. The maximum absolute atomic E-state index is 2.88. The minimum absolute atomic E-state index is 0.788. The summed E-state index contributed by atoms with van der Waals surface area (Å²) >= 11 is 0. The molecule has 106 valence electrons. The molecular weight excluding hydrogens is 220 g/mol. The fraction of sp³-hybridized carbons (Fsp3) is 1.00. The summed E-state index contributed by atoms with van der Waals surface area (Å²) in [7, 11) is 0. The first-order valence-corrected chi connectivity index (χ1v) is 8.17. The van der Waals surface area contributed by atoms with Crippen molar-refractivity contribution in [1.82, 2.24) is 9.80 Å². The van der Waals surface area contributed by atoms with Crippen molar-refractivity contribution in [3.8, 4) is 0 Å². The van der Waals surface area contributed by atoms with E-state index in [0.29, 0.717) is 0 Å². The van der Waals surface area contributed by atoms with E-state index in [-0.39, 0.29) is 0 Å². The molecule has 2 saturated heterocycles. The average Bonchev–Trinajstić information content (AvgIpc) is 2.81. The Bertz CT molecular complexity index is 251. The summed E-state index contributed by atoms with van der Waals surface area (Å²) in [6.07, 6.45) is 6.89. The van der Waals surface area contributed by atoms with Gasteiger partial charge in [0, 0.05) is 31.2 Å². The minimum Gasteiger partial charge on any atom is -0.298 e. The summed E-state index contributed by atoms with van der Waals surface area (Å²) in [5.74, 6) is 0.789. The lowest BCUT2D eigenvalue weighted by atomic mass is 9.93. The van der Waals surface area contributed by atoms with Gasteiger partial charge in [0.05, 0.1) is 0 Å². The lowest BCUT2D eigenvalue weighted by Crippen LogP contribution is -2.60. The predicted octanol–water partition coefficient (Wildman–Crippen LogP) is 3.37. The van der Waals surface area contributed by atoms with Gasteiger partial charge in [-0.1, -0.05) is 34.1 Å². The van der Waals surface area contributed by atoms with Crippen LogP contribution >= 0.6 is 0 Å². The van der Waals surface area contributed by atoms with Crippen LogP contribution < -0.4 is 0 Å². The Morgan fingerprint density at radius 2 is 1.94 bits per heavy atom. The number of rotatable bonds is 5. The molecule has 3 unspecified atom stereocenters. The zero-order valence-corrected chi connectivity index (χ0v) is 12.9. The van der Waals surface area contributed by atoms with Gasteiger partial charge in [-0.15, -0.1) is 0 Å². The number of fused-ring (bicyclic) bond motifs is 1. The second kappa shape index (κ2) is 6.38. The van der Waals surface area contributed by atoms with E-state index in [0.717, 1.165) is 24.0 Å². The van der Waals surface area contributed by atoms with Crippen LogP contribution in [0.2, 0.25) is 0 Å². The third-order valence-corrected chi connectivity index (χ3v) is 5.10. The number of piperazine rings is 1. The van der Waals surface area contributed by atoms with Gasteiger partial charge in [0.2, 0.25) is 0 Å². The molecule has 3 atom stereocenters. The van der Waals surface area contributed by atoms with E-state index in [9.17, 15) is 0 Å². The van der Waals surface area contributed by atoms with Crippen LogP contribution in [0.4, 0.5) is 0 Å². The summed E-state index contributed by atoms with van der Waals surface area (Å²) in [6.45, 7) is 13.5. The van der Waals surface area contributed by atoms with E-state index in [1.54, 1.807) is 0 Å². The number of hydrogen-bond acceptors (Lipinski definition) is 2. The van der Waals surface area contributed by atoms with Crippen molar-refractivity contribution in [1.29, 1.82) is 0 Å². The van der Waals surface area contributed by atoms with Crippen LogP contribution in [0.15, 0.2) is 0 Å². The van der Waals surface area contributed by atoms with Crippen molar-refractivity contribution in [3.63, 3.8) is 0 Å². The highest BCUT2D eigenvalue weighted by atomic mass is 15.3. The first kappa shape index (κ1) is 14.3. The van der Waals surface area contributed by atoms with Gasteiger partial charge >= 0.3 is 0 Å². The van der Waals surface area contributed by atoms with Gasteiger partial charge in [0.15, 0.2) is 0 Å². The van der Waals surface area contributed by atoms with E-state index in [1.165, 1.54) is 51.7 Å². The Balaban J connectivity index is 2.08. The van der Waals surface area contributed by atoms with Gasteiger partial charge < -0.3 is 0 Å². The number of nitrogens with zero attached hydrogens (tertiary/aromatic N) is 2. The maximum atomic E-state index is 2.88. The molecule has 2 heterocycles. The molecular formula is C16H32N2. The quantitative estimate of drug-likeness (QED) is 0.740. The van der Waals surface area contributed by atoms with Crippen LogP contribution in [0.25, 0.3) is 0 Å². The first-order valence-electron chi connectivity index (χ1n) is 8.17. The standard InChI is InChI=1S/C16H32N2/c1-5-8-14(6-2)18-11-15-9-7-10-17(15)12-16(18)13(3)4/h13-16H,5-12H2,1-4H3. The van der Waals surface area contributed by atoms with Crippen molar-refractivity contribution in [3.05, 3.63) is 0 Å². The van der Waals surface area contributed by atoms with Crippen LogP contribution in [0.5, 0.6) is 0 Å². The largest absolute Gasteiger partial charge is 0.298 e. The highest BCUT2D eigenvalue weighted by Crippen LogP contribution is 2.30. The van der Waals surface area contributed by atoms with Crippen molar-refractivity contribution in [2.75, 3.05) is 19.6 Å². The fourth-order valence-electron chi connectivity index (χ4n) is 4.02. The molecule has 0 bridgehead atoms. The lowest BCUT2D eigenvalue weighted by Gasteiger charge is -2.49. The SMILES string of the molecule is CCCC(CC)N1CC2CCCN2CC1C(C)C. The van der Waals surface area contributed by atoms with Gasteiger partial charge in [-0.3, -0.25) is 9.80 Å². The minimum atomic E-state index is 0.788. The molecule has 2 nitrogen and oxygen atoms in total. The molecule has 0 aromatic heterocycles. The van der Waals surface area contributed by atoms with Crippen LogP contribution in [0.1, 0.15) is 59.8 Å². The molecule has 0 aromatic carbocycles. The molecule has 2 fully saturated rings. The lowest BCUT2D eigenvalue weighted by molar-refractivity contribution is -0.00357. The van der Waals surface area contributed by atoms with Gasteiger partial charge in [-0.2, -0.15) is 0 Å². The highest BCUT2D eigenvalue weighted by molar-refractivity contribution is 4.95. The first-order chi connectivity index (χ1) is 8.67. The summed E-state index contributed by atoms with van der Waals surface area (Å²) in [5.41, 5.74) is 0. The molecule has 0 saturated carbocycles. The third kappa shape index (κ3) is 2.91. The molecule has 2 aliphatic heterocycles. The van der Waals surface area contributed by atoms with Gasteiger partial charge in [0.25, 0.3) is 0 Å². The summed E-state index contributed by atoms with van der Waals surface area (Å²) in [5, 5.41) is 0. The molecule has 0 spiro atoms. The van der Waals surface area contributed by atoms with E-state index in [1.807, 2.05) is 0 Å². The Kier molecular flexibility index (Phi) is 5.08. The smallest absolute Gasteiger partial charge is 0.0249 e. The van der Waals surface area contributed by atoms with Crippen molar-refractivity contribution in [2.24, 2.45) is 5.92 Å². The molecule has 2 aliphatic rings. The Morgan fingerprint density at radius 1 is 1.17 bits per heavy atom. The molecule has 0 N–H and O–H groups in total. The third-order valence-electron chi connectivity index (χ3n) is 5.10.